The Bertz CT molecular complexity index is 870. The van der Waals surface area contributed by atoms with Crippen LogP contribution in [0.5, 0.6) is 0 Å². The summed E-state index contributed by atoms with van der Waals surface area (Å²) in [6.45, 7) is 1.66. The number of nitrogens with zero attached hydrogens (tertiary/aromatic N) is 4. The van der Waals surface area contributed by atoms with Crippen molar-refractivity contribution in [1.29, 1.82) is 0 Å². The average Bonchev–Trinajstić information content (AvgIpc) is 3.16. The maximum Gasteiger partial charge on any atom is 0.381 e. The number of nitro groups is 1. The van der Waals surface area contributed by atoms with Crippen LogP contribution in [0.1, 0.15) is 15.5 Å². The Morgan fingerprint density at radius 1 is 1.39 bits per heavy atom. The van der Waals surface area contributed by atoms with E-state index in [0.29, 0.717) is 10.7 Å². The lowest BCUT2D eigenvalue weighted by Crippen LogP contribution is -2.09. The first kappa shape index (κ1) is 15.0. The van der Waals surface area contributed by atoms with E-state index in [2.05, 4.69) is 9.97 Å². The number of Topliss-reactive ketones (excluding diaryl/α,β-unsaturated/α-hetero) is 1. The van der Waals surface area contributed by atoms with E-state index in [-0.39, 0.29) is 18.1 Å². The van der Waals surface area contributed by atoms with E-state index in [1.165, 1.54) is 22.1 Å². The van der Waals surface area contributed by atoms with Crippen LogP contribution < -0.4 is 0 Å². The van der Waals surface area contributed by atoms with Gasteiger partial charge in [-0.25, -0.2) is 0 Å². The summed E-state index contributed by atoms with van der Waals surface area (Å²) < 4.78 is 1.49. The number of hydrogen-bond acceptors (Lipinski definition) is 6. The molecule has 0 saturated heterocycles. The van der Waals surface area contributed by atoms with Crippen LogP contribution in [-0.4, -0.2) is 25.2 Å². The predicted octanol–water partition coefficient (Wildman–Crippen LogP) is 3.11. The minimum Gasteiger partial charge on any atom is -0.358 e. The molecule has 23 heavy (non-hydrogen) atoms. The number of imidazole rings is 1. The highest BCUT2D eigenvalue weighted by Gasteiger charge is 2.18. The zero-order valence-electron chi connectivity index (χ0n) is 12.2. The Hall–Kier alpha value is -2.87. The molecule has 3 aromatic heterocycles. The molecule has 3 rings (SSSR count). The van der Waals surface area contributed by atoms with Crippen LogP contribution in [0.25, 0.3) is 10.4 Å². The minimum atomic E-state index is -0.570. The molecule has 0 aliphatic carbocycles. The van der Waals surface area contributed by atoms with Crippen molar-refractivity contribution < 1.29 is 9.72 Å². The van der Waals surface area contributed by atoms with Gasteiger partial charge >= 0.3 is 5.82 Å². The van der Waals surface area contributed by atoms with Crippen molar-refractivity contribution in [3.05, 3.63) is 63.7 Å². The Labute approximate surface area is 135 Å². The SMILES string of the molecule is Cc1nc([N+](=O)[O-])cn1CC(=O)c1ccc(-c2cccnc2)s1. The molecule has 0 N–H and O–H groups in total. The van der Waals surface area contributed by atoms with Crippen LogP contribution in [0.15, 0.2) is 42.9 Å². The van der Waals surface area contributed by atoms with Crippen LogP contribution in [-0.2, 0) is 6.54 Å². The van der Waals surface area contributed by atoms with Gasteiger partial charge in [-0.1, -0.05) is 6.07 Å². The smallest absolute Gasteiger partial charge is 0.358 e. The van der Waals surface area contributed by atoms with E-state index in [9.17, 15) is 14.9 Å². The molecule has 0 unspecified atom stereocenters. The Morgan fingerprint density at radius 3 is 2.87 bits per heavy atom. The second kappa shape index (κ2) is 6.09. The fraction of sp³-hybridized carbons (Fsp3) is 0.133. The molecule has 0 radical (unpaired) electrons. The van der Waals surface area contributed by atoms with Gasteiger partial charge in [0, 0.05) is 29.8 Å². The summed E-state index contributed by atoms with van der Waals surface area (Å²) in [5, 5.41) is 10.7. The quantitative estimate of drug-likeness (QED) is 0.408. The number of carbonyl (C=O) groups is 1. The van der Waals surface area contributed by atoms with Gasteiger partial charge in [-0.3, -0.25) is 9.78 Å². The summed E-state index contributed by atoms with van der Waals surface area (Å²) in [6.07, 6.45) is 4.71. The van der Waals surface area contributed by atoms with E-state index in [4.69, 9.17) is 0 Å². The lowest BCUT2D eigenvalue weighted by atomic mass is 10.2. The van der Waals surface area contributed by atoms with Gasteiger partial charge in [-0.15, -0.1) is 11.3 Å². The molecule has 0 aliphatic rings. The normalized spacial score (nSPS) is 10.7. The standard InChI is InChI=1S/C15H12N4O3S/c1-10-17-15(19(21)22)9-18(10)8-12(20)14-5-4-13(23-14)11-3-2-6-16-7-11/h2-7,9H,8H2,1H3. The first-order valence-electron chi connectivity index (χ1n) is 6.76. The van der Waals surface area contributed by atoms with E-state index in [1.54, 1.807) is 25.4 Å². The topological polar surface area (TPSA) is 90.9 Å². The van der Waals surface area contributed by atoms with E-state index in [0.717, 1.165) is 10.4 Å². The van der Waals surface area contributed by atoms with E-state index < -0.39 is 4.92 Å². The molecule has 8 heteroatoms. The number of rotatable bonds is 5. The molecule has 7 nitrogen and oxygen atoms in total. The lowest BCUT2D eigenvalue weighted by Gasteiger charge is -1.99. The molecule has 0 aromatic carbocycles. The van der Waals surface area contributed by atoms with Gasteiger partial charge in [0.2, 0.25) is 5.82 Å². The molecular formula is C15H12N4O3S. The molecule has 3 heterocycles. The second-order valence-corrected chi connectivity index (χ2v) is 5.94. The number of aromatic nitrogens is 3. The minimum absolute atomic E-state index is 0.0274. The summed E-state index contributed by atoms with van der Waals surface area (Å²) in [7, 11) is 0. The Morgan fingerprint density at radius 2 is 2.22 bits per heavy atom. The number of hydrogen-bond donors (Lipinski definition) is 0. The van der Waals surface area contributed by atoms with Gasteiger partial charge in [0.15, 0.2) is 5.78 Å². The number of ketones is 1. The van der Waals surface area contributed by atoms with Crippen molar-refractivity contribution in [2.45, 2.75) is 13.5 Å². The zero-order chi connectivity index (χ0) is 16.4. The molecule has 0 atom stereocenters. The van der Waals surface area contributed by atoms with Gasteiger partial charge in [-0.05, 0) is 28.1 Å². The summed E-state index contributed by atoms with van der Waals surface area (Å²) in [5.74, 6) is 0.0761. The van der Waals surface area contributed by atoms with Crippen LogP contribution >= 0.6 is 11.3 Å². The molecular weight excluding hydrogens is 316 g/mol. The largest absolute Gasteiger partial charge is 0.381 e. The fourth-order valence-electron chi connectivity index (χ4n) is 2.12. The summed E-state index contributed by atoms with van der Waals surface area (Å²) in [5.41, 5.74) is 0.950. The third-order valence-corrected chi connectivity index (χ3v) is 4.47. The number of thiophene rings is 1. The molecule has 0 saturated carbocycles. The highest BCUT2D eigenvalue weighted by atomic mass is 32.1. The summed E-state index contributed by atoms with van der Waals surface area (Å²) in [4.78, 5) is 31.9. The van der Waals surface area contributed by atoms with Gasteiger partial charge in [-0.2, -0.15) is 0 Å². The monoisotopic (exact) mass is 328 g/mol. The van der Waals surface area contributed by atoms with Gasteiger partial charge in [0.1, 0.15) is 6.20 Å². The third-order valence-electron chi connectivity index (χ3n) is 3.29. The molecule has 0 aliphatic heterocycles. The van der Waals surface area contributed by atoms with E-state index >= 15 is 0 Å². The maximum atomic E-state index is 12.4. The first-order chi connectivity index (χ1) is 11.0. The first-order valence-corrected chi connectivity index (χ1v) is 7.58. The molecule has 0 amide bonds. The zero-order valence-corrected chi connectivity index (χ0v) is 13.0. The lowest BCUT2D eigenvalue weighted by molar-refractivity contribution is -0.389. The fourth-order valence-corrected chi connectivity index (χ4v) is 3.05. The number of aryl methyl sites for hydroxylation is 1. The van der Waals surface area contributed by atoms with Crippen molar-refractivity contribution in [3.8, 4) is 10.4 Å². The van der Waals surface area contributed by atoms with Crippen molar-refractivity contribution in [1.82, 2.24) is 14.5 Å². The third kappa shape index (κ3) is 3.16. The summed E-state index contributed by atoms with van der Waals surface area (Å²) in [6, 6.07) is 7.40. The molecule has 0 spiro atoms. The van der Waals surface area contributed by atoms with Crippen LogP contribution in [0.4, 0.5) is 5.82 Å². The van der Waals surface area contributed by atoms with Crippen molar-refractivity contribution in [2.75, 3.05) is 0 Å². The van der Waals surface area contributed by atoms with E-state index in [1.807, 2.05) is 18.2 Å². The maximum absolute atomic E-state index is 12.4. The van der Waals surface area contributed by atoms with Crippen molar-refractivity contribution in [3.63, 3.8) is 0 Å². The van der Waals surface area contributed by atoms with Gasteiger partial charge in [0.25, 0.3) is 0 Å². The Kier molecular flexibility index (Phi) is 3.98. The van der Waals surface area contributed by atoms with Crippen LogP contribution in [0.2, 0.25) is 0 Å². The number of pyridine rings is 1. The highest BCUT2D eigenvalue weighted by molar-refractivity contribution is 7.17. The van der Waals surface area contributed by atoms with Crippen LogP contribution in [0, 0.1) is 17.0 Å². The highest BCUT2D eigenvalue weighted by Crippen LogP contribution is 2.28. The molecule has 116 valence electrons. The molecule has 0 bridgehead atoms. The predicted molar refractivity (Wildman–Crippen MR) is 85.5 cm³/mol. The van der Waals surface area contributed by atoms with Crippen molar-refractivity contribution >= 4 is 22.9 Å². The number of carbonyl (C=O) groups excluding carboxylic acids is 1. The van der Waals surface area contributed by atoms with Gasteiger partial charge in [0.05, 0.1) is 11.4 Å². The van der Waals surface area contributed by atoms with Crippen molar-refractivity contribution in [2.24, 2.45) is 0 Å². The van der Waals surface area contributed by atoms with Crippen LogP contribution in [0.3, 0.4) is 0 Å². The second-order valence-electron chi connectivity index (χ2n) is 4.86. The molecule has 3 aromatic rings. The summed E-state index contributed by atoms with van der Waals surface area (Å²) >= 11 is 1.38. The Balaban J connectivity index is 1.79. The average molecular weight is 328 g/mol. The molecule has 0 fully saturated rings. The van der Waals surface area contributed by atoms with Gasteiger partial charge < -0.3 is 14.7 Å².